The summed E-state index contributed by atoms with van der Waals surface area (Å²) in [7, 11) is 0. The van der Waals surface area contributed by atoms with E-state index in [-0.39, 0.29) is 0 Å². The Labute approximate surface area is 119 Å². The minimum absolute atomic E-state index is 0.397. The van der Waals surface area contributed by atoms with E-state index in [9.17, 15) is 22.8 Å². The molecule has 0 aromatic carbocycles. The predicted molar refractivity (Wildman–Crippen MR) is 67.6 cm³/mol. The van der Waals surface area contributed by atoms with Gasteiger partial charge < -0.3 is 5.32 Å². The van der Waals surface area contributed by atoms with Gasteiger partial charge in [0.15, 0.2) is 5.69 Å². The molecule has 0 saturated carbocycles. The maximum absolute atomic E-state index is 12.2. The van der Waals surface area contributed by atoms with E-state index in [1.54, 1.807) is 0 Å². The molecule has 1 unspecified atom stereocenters. The number of nitrogens with one attached hydrogen (secondary N) is 1. The van der Waals surface area contributed by atoms with Crippen LogP contribution in [0.2, 0.25) is 0 Å². The van der Waals surface area contributed by atoms with Crippen LogP contribution in [0.15, 0.2) is 6.20 Å². The van der Waals surface area contributed by atoms with E-state index >= 15 is 0 Å². The molecule has 118 valence electrons. The normalized spacial score (nSPS) is 13.3. The molecule has 1 heterocycles. The van der Waals surface area contributed by atoms with Crippen LogP contribution in [-0.4, -0.2) is 39.4 Å². The number of aromatic nitrogens is 3. The van der Waals surface area contributed by atoms with Crippen LogP contribution in [0.3, 0.4) is 0 Å². The average Bonchev–Trinajstić information content (AvgIpc) is 2.84. The Kier molecular flexibility index (Phi) is 5.45. The molecule has 1 atom stereocenters. The van der Waals surface area contributed by atoms with Crippen molar-refractivity contribution in [3.05, 3.63) is 11.9 Å². The van der Waals surface area contributed by atoms with Crippen molar-refractivity contribution in [3.8, 4) is 0 Å². The van der Waals surface area contributed by atoms with Crippen molar-refractivity contribution in [3.63, 3.8) is 0 Å². The van der Waals surface area contributed by atoms with Gasteiger partial charge in [0.05, 0.1) is 6.20 Å². The lowest BCUT2D eigenvalue weighted by Crippen LogP contribution is -2.32. The molecule has 9 heteroatoms. The Morgan fingerprint density at radius 1 is 1.33 bits per heavy atom. The molecule has 1 rings (SSSR count). The minimum atomic E-state index is -5.01. The van der Waals surface area contributed by atoms with Crippen molar-refractivity contribution in [2.45, 2.75) is 39.4 Å². The van der Waals surface area contributed by atoms with Crippen molar-refractivity contribution in [1.82, 2.24) is 20.3 Å². The highest BCUT2D eigenvalue weighted by molar-refractivity contribution is 5.98. The first-order valence-electron chi connectivity index (χ1n) is 6.44. The van der Waals surface area contributed by atoms with Crippen LogP contribution in [0.1, 0.15) is 43.7 Å². The van der Waals surface area contributed by atoms with Crippen LogP contribution in [0, 0.1) is 5.92 Å². The third kappa shape index (κ3) is 4.83. The Bertz CT molecular complexity index is 511. The summed E-state index contributed by atoms with van der Waals surface area (Å²) in [6.07, 6.45) is -3.40. The van der Waals surface area contributed by atoms with E-state index < -0.39 is 29.6 Å². The number of hydrogen-bond donors (Lipinski definition) is 1. The maximum Gasteiger partial charge on any atom is 0.456 e. The third-order valence-electron chi connectivity index (χ3n) is 2.80. The van der Waals surface area contributed by atoms with Gasteiger partial charge in [0, 0.05) is 6.54 Å². The largest absolute Gasteiger partial charge is 0.456 e. The number of hydrogen-bond acceptors (Lipinski definition) is 4. The number of ketones is 1. The zero-order valence-corrected chi connectivity index (χ0v) is 11.9. The SMILES string of the molecule is CC(C)CCNC(=O)C(C)n1cc(C(=O)C(F)(F)F)nn1. The van der Waals surface area contributed by atoms with E-state index in [0.29, 0.717) is 12.5 Å². The van der Waals surface area contributed by atoms with Crippen LogP contribution < -0.4 is 5.32 Å². The molecule has 0 radical (unpaired) electrons. The summed E-state index contributed by atoms with van der Waals surface area (Å²) in [5.74, 6) is -2.06. The van der Waals surface area contributed by atoms with Crippen molar-refractivity contribution in [2.24, 2.45) is 5.92 Å². The summed E-state index contributed by atoms with van der Waals surface area (Å²) in [5.41, 5.74) is -0.829. The first-order valence-corrected chi connectivity index (χ1v) is 6.44. The molecular formula is C12H17F3N4O2. The zero-order valence-electron chi connectivity index (χ0n) is 11.9. The van der Waals surface area contributed by atoms with Crippen LogP contribution in [0.25, 0.3) is 0 Å². The number of Topliss-reactive ketones (excluding diaryl/α,β-unsaturated/α-hetero) is 1. The second kappa shape index (κ2) is 6.68. The number of halogens is 3. The van der Waals surface area contributed by atoms with Crippen molar-refractivity contribution in [1.29, 1.82) is 0 Å². The van der Waals surface area contributed by atoms with Crippen molar-refractivity contribution < 1.29 is 22.8 Å². The summed E-state index contributed by atoms with van der Waals surface area (Å²) in [5, 5.41) is 9.20. The fourth-order valence-electron chi connectivity index (χ4n) is 1.47. The molecule has 1 aromatic rings. The second-order valence-corrected chi connectivity index (χ2v) is 5.06. The molecule has 1 aromatic heterocycles. The predicted octanol–water partition coefficient (Wildman–Crippen LogP) is 1.75. The highest BCUT2D eigenvalue weighted by Gasteiger charge is 2.41. The van der Waals surface area contributed by atoms with Gasteiger partial charge in [-0.3, -0.25) is 9.59 Å². The average molecular weight is 306 g/mol. The third-order valence-corrected chi connectivity index (χ3v) is 2.80. The van der Waals surface area contributed by atoms with Gasteiger partial charge in [-0.2, -0.15) is 13.2 Å². The van der Waals surface area contributed by atoms with E-state index in [0.717, 1.165) is 17.3 Å². The summed E-state index contributed by atoms with van der Waals surface area (Å²) < 4.78 is 37.7. The number of carbonyl (C=O) groups is 2. The van der Waals surface area contributed by atoms with Gasteiger partial charge in [0.1, 0.15) is 6.04 Å². The molecule has 0 spiro atoms. The van der Waals surface area contributed by atoms with Gasteiger partial charge in [-0.1, -0.05) is 19.1 Å². The molecule has 0 aliphatic heterocycles. The van der Waals surface area contributed by atoms with Gasteiger partial charge in [-0.15, -0.1) is 5.10 Å². The van der Waals surface area contributed by atoms with Crippen molar-refractivity contribution >= 4 is 11.7 Å². The van der Waals surface area contributed by atoms with Crippen LogP contribution in [0.5, 0.6) is 0 Å². The van der Waals surface area contributed by atoms with E-state index in [4.69, 9.17) is 0 Å². The lowest BCUT2D eigenvalue weighted by molar-refractivity contribution is -0.124. The Morgan fingerprint density at radius 3 is 2.48 bits per heavy atom. The van der Waals surface area contributed by atoms with Crippen LogP contribution in [0.4, 0.5) is 13.2 Å². The molecule has 0 bridgehead atoms. The molecule has 1 N–H and O–H groups in total. The van der Waals surface area contributed by atoms with Crippen LogP contribution in [-0.2, 0) is 4.79 Å². The number of amides is 1. The summed E-state index contributed by atoms with van der Waals surface area (Å²) >= 11 is 0. The second-order valence-electron chi connectivity index (χ2n) is 5.06. The first-order chi connectivity index (χ1) is 9.62. The molecule has 0 aliphatic rings. The lowest BCUT2D eigenvalue weighted by atomic mass is 10.1. The molecule has 0 fully saturated rings. The van der Waals surface area contributed by atoms with Gasteiger partial charge in [0.25, 0.3) is 5.78 Å². The molecule has 0 aliphatic carbocycles. The maximum atomic E-state index is 12.2. The van der Waals surface area contributed by atoms with Gasteiger partial charge in [-0.05, 0) is 19.3 Å². The highest BCUT2D eigenvalue weighted by atomic mass is 19.4. The summed E-state index contributed by atoms with van der Waals surface area (Å²) in [4.78, 5) is 22.8. The minimum Gasteiger partial charge on any atom is -0.354 e. The van der Waals surface area contributed by atoms with Gasteiger partial charge in [0.2, 0.25) is 5.91 Å². The lowest BCUT2D eigenvalue weighted by Gasteiger charge is -2.12. The molecule has 0 saturated heterocycles. The fraction of sp³-hybridized carbons (Fsp3) is 0.667. The number of nitrogens with zero attached hydrogens (tertiary/aromatic N) is 3. The standard InChI is InChI=1S/C12H17F3N4O2/c1-7(2)4-5-16-11(21)8(3)19-6-9(17-18-19)10(20)12(13,14)15/h6-8H,4-5H2,1-3H3,(H,16,21). The first kappa shape index (κ1) is 17.1. The van der Waals surface area contributed by atoms with Gasteiger partial charge in [-0.25, -0.2) is 4.68 Å². The number of rotatable bonds is 6. The molecule has 6 nitrogen and oxygen atoms in total. The Morgan fingerprint density at radius 2 is 1.95 bits per heavy atom. The monoisotopic (exact) mass is 306 g/mol. The topological polar surface area (TPSA) is 76.9 Å². The number of alkyl halides is 3. The zero-order chi connectivity index (χ0) is 16.2. The summed E-state index contributed by atoms with van der Waals surface area (Å²) in [6, 6.07) is -0.848. The van der Waals surface area contributed by atoms with E-state index in [1.807, 2.05) is 13.8 Å². The molecular weight excluding hydrogens is 289 g/mol. The van der Waals surface area contributed by atoms with E-state index in [2.05, 4.69) is 15.6 Å². The quantitative estimate of drug-likeness (QED) is 0.812. The number of carbonyl (C=O) groups excluding carboxylic acids is 2. The molecule has 1 amide bonds. The Hall–Kier alpha value is -1.93. The summed E-state index contributed by atoms with van der Waals surface area (Å²) in [6.45, 7) is 5.93. The fourth-order valence-corrected chi connectivity index (χ4v) is 1.47. The molecule has 21 heavy (non-hydrogen) atoms. The van der Waals surface area contributed by atoms with Crippen LogP contribution >= 0.6 is 0 Å². The smallest absolute Gasteiger partial charge is 0.354 e. The van der Waals surface area contributed by atoms with Crippen molar-refractivity contribution in [2.75, 3.05) is 6.54 Å². The highest BCUT2D eigenvalue weighted by Crippen LogP contribution is 2.20. The Balaban J connectivity index is 2.67. The van der Waals surface area contributed by atoms with Gasteiger partial charge >= 0.3 is 6.18 Å². The van der Waals surface area contributed by atoms with E-state index in [1.165, 1.54) is 6.92 Å².